The van der Waals surface area contributed by atoms with Crippen molar-refractivity contribution in [3.05, 3.63) is 0 Å². The maximum atomic E-state index is 9.00. The lowest BCUT2D eigenvalue weighted by Crippen LogP contribution is -1.78. The van der Waals surface area contributed by atoms with Crippen LogP contribution in [-0.4, -0.2) is 54.7 Å². The molecule has 0 unspecified atom stereocenters. The van der Waals surface area contributed by atoms with Gasteiger partial charge in [0.2, 0.25) is 0 Å². The molecule has 0 bridgehead atoms. The van der Waals surface area contributed by atoms with E-state index in [4.69, 9.17) is 50.0 Å². The molecular weight excluding hydrogens is 284 g/mol. The predicted molar refractivity (Wildman–Crippen MR) is 61.7 cm³/mol. The van der Waals surface area contributed by atoms with Crippen LogP contribution in [0.25, 0.3) is 0 Å². The van der Waals surface area contributed by atoms with Gasteiger partial charge in [-0.1, -0.05) is 0 Å². The van der Waals surface area contributed by atoms with Crippen molar-refractivity contribution in [3.8, 4) is 0 Å². The van der Waals surface area contributed by atoms with Gasteiger partial charge in [-0.2, -0.15) is 0 Å². The number of carboxylic acids is 4. The fraction of sp³-hybridized carbons (Fsp3) is 0.500. The van der Waals surface area contributed by atoms with E-state index in [2.05, 4.69) is 0 Å². The highest BCUT2D eigenvalue weighted by atomic mass is 16.5. The van der Waals surface area contributed by atoms with Crippen molar-refractivity contribution in [2.24, 2.45) is 10.6 Å². The van der Waals surface area contributed by atoms with Gasteiger partial charge in [0, 0.05) is 27.7 Å². The third-order valence-corrected chi connectivity index (χ3v) is 0.0400. The van der Waals surface area contributed by atoms with E-state index in [1.165, 1.54) is 0 Å². The maximum Gasteiger partial charge on any atom is 0.300 e. The SMILES string of the molecule is CC(=O)O.CC(=O)O.CC(=O)O.CC(=O)O.O/N=N/O. The van der Waals surface area contributed by atoms with E-state index < -0.39 is 23.9 Å². The number of hydrogen-bond donors (Lipinski definition) is 6. The highest BCUT2D eigenvalue weighted by Crippen LogP contribution is 1.46. The normalized spacial score (nSPS) is 6.80. The third kappa shape index (κ3) is 811. The first kappa shape index (κ1) is 30.3. The molecular formula is C8H18N2O10. The van der Waals surface area contributed by atoms with Crippen LogP contribution in [0.2, 0.25) is 0 Å². The Hall–Kier alpha value is -2.92. The Balaban J connectivity index is -0.0000000469. The summed E-state index contributed by atoms with van der Waals surface area (Å²) in [5, 5.41) is 47.7. The third-order valence-electron chi connectivity index (χ3n) is 0.0400. The summed E-state index contributed by atoms with van der Waals surface area (Å²) in [5.41, 5.74) is 0. The van der Waals surface area contributed by atoms with E-state index >= 15 is 0 Å². The highest BCUT2D eigenvalue weighted by Gasteiger charge is 1.66. The summed E-state index contributed by atoms with van der Waals surface area (Å²) in [4.78, 5) is 36.0. The zero-order valence-electron chi connectivity index (χ0n) is 11.2. The minimum absolute atomic E-state index is 0.833. The summed E-state index contributed by atoms with van der Waals surface area (Å²) < 4.78 is 0. The predicted octanol–water partition coefficient (Wildman–Crippen LogP) is 0.581. The van der Waals surface area contributed by atoms with E-state index in [0.717, 1.165) is 27.7 Å². The molecule has 0 aromatic carbocycles. The molecule has 0 amide bonds. The standard InChI is InChI=1S/4C2H4O2.H2N2O2/c4*1-2(3)4;3-1-2-4/h4*1H3,(H,3,4);(H,1,4)(H,2,3). The topological polar surface area (TPSA) is 214 Å². The van der Waals surface area contributed by atoms with E-state index in [9.17, 15) is 0 Å². The summed E-state index contributed by atoms with van der Waals surface area (Å²) in [6.07, 6.45) is 0. The molecule has 20 heavy (non-hydrogen) atoms. The van der Waals surface area contributed by atoms with Crippen LogP contribution < -0.4 is 0 Å². The van der Waals surface area contributed by atoms with E-state index in [-0.39, 0.29) is 0 Å². The molecule has 0 fully saturated rings. The van der Waals surface area contributed by atoms with E-state index in [1.807, 2.05) is 10.6 Å². The second-order valence-corrected chi connectivity index (χ2v) is 2.25. The van der Waals surface area contributed by atoms with Crippen molar-refractivity contribution in [2.75, 3.05) is 0 Å². The largest absolute Gasteiger partial charge is 0.481 e. The molecule has 0 saturated carbocycles. The Morgan fingerprint density at radius 2 is 0.600 bits per heavy atom. The molecule has 0 radical (unpaired) electrons. The second-order valence-electron chi connectivity index (χ2n) is 2.25. The van der Waals surface area contributed by atoms with Crippen LogP contribution in [0.4, 0.5) is 0 Å². The van der Waals surface area contributed by atoms with Crippen molar-refractivity contribution in [1.82, 2.24) is 0 Å². The lowest BCUT2D eigenvalue weighted by Gasteiger charge is -1.59. The van der Waals surface area contributed by atoms with Gasteiger partial charge < -0.3 is 30.8 Å². The fourth-order valence-electron chi connectivity index (χ4n) is 0. The summed E-state index contributed by atoms with van der Waals surface area (Å²) >= 11 is 0. The maximum absolute atomic E-state index is 9.00. The Bertz CT molecular complexity index is 221. The lowest BCUT2D eigenvalue weighted by molar-refractivity contribution is -0.135. The Morgan fingerprint density at radius 1 is 0.550 bits per heavy atom. The van der Waals surface area contributed by atoms with Gasteiger partial charge in [0.15, 0.2) is 0 Å². The summed E-state index contributed by atoms with van der Waals surface area (Å²) in [5.74, 6) is -3.33. The first-order chi connectivity index (χ1) is 8.84. The van der Waals surface area contributed by atoms with Crippen LogP contribution >= 0.6 is 0 Å². The van der Waals surface area contributed by atoms with Gasteiger partial charge >= 0.3 is 0 Å². The molecule has 0 spiro atoms. The van der Waals surface area contributed by atoms with E-state index in [0.29, 0.717) is 0 Å². The molecule has 0 heterocycles. The molecule has 12 nitrogen and oxygen atoms in total. The summed E-state index contributed by atoms with van der Waals surface area (Å²) in [6, 6.07) is 0. The van der Waals surface area contributed by atoms with Crippen molar-refractivity contribution in [1.29, 1.82) is 0 Å². The number of hydrogen-bond acceptors (Lipinski definition) is 6. The van der Waals surface area contributed by atoms with Crippen LogP contribution in [0.3, 0.4) is 0 Å². The molecule has 0 aromatic rings. The average Bonchev–Trinajstić information content (AvgIpc) is 2.13. The number of rotatable bonds is 0. The first-order valence-electron chi connectivity index (χ1n) is 4.31. The van der Waals surface area contributed by atoms with Crippen molar-refractivity contribution >= 4 is 23.9 Å². The molecule has 6 N–H and O–H groups in total. The van der Waals surface area contributed by atoms with Gasteiger partial charge in [-0.25, -0.2) is 0 Å². The van der Waals surface area contributed by atoms with Crippen LogP contribution in [0, 0.1) is 0 Å². The van der Waals surface area contributed by atoms with Crippen molar-refractivity contribution in [2.45, 2.75) is 27.7 Å². The molecule has 0 saturated heterocycles. The van der Waals surface area contributed by atoms with Crippen LogP contribution in [-0.2, 0) is 19.2 Å². The number of nitrogens with zero attached hydrogens (tertiary/aromatic N) is 2. The number of carboxylic acid groups (broad SMARTS) is 4. The first-order valence-corrected chi connectivity index (χ1v) is 4.31. The molecule has 0 aliphatic heterocycles. The highest BCUT2D eigenvalue weighted by molar-refractivity contribution is 5.63. The van der Waals surface area contributed by atoms with Crippen LogP contribution in [0.15, 0.2) is 10.6 Å². The molecule has 12 heteroatoms. The molecule has 0 rings (SSSR count). The molecule has 0 aromatic heterocycles. The molecule has 0 aliphatic rings. The fourth-order valence-corrected chi connectivity index (χ4v) is 0. The van der Waals surface area contributed by atoms with E-state index in [1.54, 1.807) is 0 Å². The molecule has 0 atom stereocenters. The summed E-state index contributed by atoms with van der Waals surface area (Å²) in [7, 11) is 0. The Kier molecular flexibility index (Phi) is 45.1. The minimum atomic E-state index is -0.833. The van der Waals surface area contributed by atoms with Crippen molar-refractivity contribution < 1.29 is 50.0 Å². The van der Waals surface area contributed by atoms with Gasteiger partial charge in [-0.3, -0.25) is 19.2 Å². The zero-order valence-corrected chi connectivity index (χ0v) is 11.2. The van der Waals surface area contributed by atoms with Crippen molar-refractivity contribution in [3.63, 3.8) is 0 Å². The monoisotopic (exact) mass is 302 g/mol. The quantitative estimate of drug-likeness (QED) is 0.270. The van der Waals surface area contributed by atoms with Gasteiger partial charge in [0.05, 0.1) is 10.6 Å². The van der Waals surface area contributed by atoms with Gasteiger partial charge in [0.25, 0.3) is 23.9 Å². The number of aliphatic carboxylic acids is 4. The molecule has 120 valence electrons. The number of carbonyl (C=O) groups is 4. The smallest absolute Gasteiger partial charge is 0.300 e. The van der Waals surface area contributed by atoms with Crippen LogP contribution in [0.1, 0.15) is 27.7 Å². The van der Waals surface area contributed by atoms with Gasteiger partial charge in [-0.05, 0) is 0 Å². The Morgan fingerprint density at radius 3 is 0.600 bits per heavy atom. The zero-order chi connectivity index (χ0) is 17.7. The molecule has 0 aliphatic carbocycles. The summed E-state index contributed by atoms with van der Waals surface area (Å²) in [6.45, 7) is 4.33. The average molecular weight is 302 g/mol. The minimum Gasteiger partial charge on any atom is -0.481 e. The van der Waals surface area contributed by atoms with Gasteiger partial charge in [-0.15, -0.1) is 0 Å². The Labute approximate surface area is 113 Å². The second kappa shape index (κ2) is 29.8. The van der Waals surface area contributed by atoms with Gasteiger partial charge in [0.1, 0.15) is 0 Å². The lowest BCUT2D eigenvalue weighted by atomic mass is 10.9. The van der Waals surface area contributed by atoms with Crippen LogP contribution in [0.5, 0.6) is 0 Å².